The zero-order chi connectivity index (χ0) is 27.4. The van der Waals surface area contributed by atoms with Gasteiger partial charge in [-0.2, -0.15) is 0 Å². The van der Waals surface area contributed by atoms with Crippen molar-refractivity contribution in [3.05, 3.63) is 59.2 Å². The van der Waals surface area contributed by atoms with Crippen molar-refractivity contribution >= 4 is 29.4 Å². The normalized spacial score (nSPS) is 19.3. The van der Waals surface area contributed by atoms with E-state index in [1.165, 1.54) is 7.11 Å². The largest absolute Gasteiger partial charge is 0.497 e. The molecule has 2 aliphatic rings. The summed E-state index contributed by atoms with van der Waals surface area (Å²) >= 11 is 0. The van der Waals surface area contributed by atoms with Gasteiger partial charge in [-0.15, -0.1) is 0 Å². The Balaban J connectivity index is 1.47. The lowest BCUT2D eigenvalue weighted by molar-refractivity contribution is -0.124. The molecule has 4 rings (SSSR count). The van der Waals surface area contributed by atoms with E-state index in [4.69, 9.17) is 4.74 Å². The van der Waals surface area contributed by atoms with Crippen molar-refractivity contribution in [3.8, 4) is 5.75 Å². The van der Waals surface area contributed by atoms with Crippen LogP contribution < -0.4 is 20.7 Å². The molecule has 1 saturated heterocycles. The van der Waals surface area contributed by atoms with Crippen LogP contribution in [0.25, 0.3) is 0 Å². The first-order valence-electron chi connectivity index (χ1n) is 12.8. The standard InChI is InChI=1S/C28H35N5O5/c1-5-19(12-13-32(2)3)24(34)29-21-9-6-18(7-10-21)15-28(26(36)30-27(37)31-28)17-33-16-20-8-11-22(38-4)14-23(20)25(33)35/h6-11,14,19H,5,12-13,15-17H2,1-4H3,(H,29,34)(H2,30,31,36,37). The Bertz CT molecular complexity index is 1230. The summed E-state index contributed by atoms with van der Waals surface area (Å²) in [4.78, 5) is 54.7. The quantitative estimate of drug-likeness (QED) is 0.391. The molecule has 3 N–H and O–H groups in total. The third-order valence-electron chi connectivity index (χ3n) is 7.19. The van der Waals surface area contributed by atoms with E-state index < -0.39 is 17.5 Å². The van der Waals surface area contributed by atoms with E-state index in [0.717, 1.165) is 30.5 Å². The molecule has 0 aliphatic carbocycles. The highest BCUT2D eigenvalue weighted by molar-refractivity contribution is 6.08. The number of hydrogen-bond acceptors (Lipinski definition) is 6. The van der Waals surface area contributed by atoms with Crippen molar-refractivity contribution in [1.82, 2.24) is 20.4 Å². The van der Waals surface area contributed by atoms with Gasteiger partial charge in [0.25, 0.3) is 11.8 Å². The summed E-state index contributed by atoms with van der Waals surface area (Å²) in [5.74, 6) is -0.224. The molecule has 2 aliphatic heterocycles. The maximum atomic E-state index is 13.1. The molecule has 2 aromatic carbocycles. The van der Waals surface area contributed by atoms with Gasteiger partial charge in [0, 0.05) is 30.1 Å². The van der Waals surface area contributed by atoms with Crippen molar-refractivity contribution in [2.75, 3.05) is 39.6 Å². The SMILES string of the molecule is CCC(CCN(C)C)C(=O)Nc1ccc(CC2(CN3Cc4ccc(OC)cc4C3=O)NC(=O)NC2=O)cc1. The van der Waals surface area contributed by atoms with Crippen LogP contribution in [-0.2, 0) is 22.6 Å². The first-order valence-corrected chi connectivity index (χ1v) is 12.8. The van der Waals surface area contributed by atoms with E-state index in [2.05, 4.69) is 20.9 Å². The summed E-state index contributed by atoms with van der Waals surface area (Å²) in [5.41, 5.74) is 1.50. The lowest BCUT2D eigenvalue weighted by Gasteiger charge is -2.31. The molecule has 5 amide bonds. The van der Waals surface area contributed by atoms with Gasteiger partial charge < -0.3 is 25.2 Å². The van der Waals surface area contributed by atoms with Crippen LogP contribution in [0.3, 0.4) is 0 Å². The lowest BCUT2D eigenvalue weighted by Crippen LogP contribution is -2.56. The van der Waals surface area contributed by atoms with Gasteiger partial charge in [0.1, 0.15) is 11.3 Å². The zero-order valence-corrected chi connectivity index (χ0v) is 22.3. The number of rotatable bonds is 11. The van der Waals surface area contributed by atoms with Gasteiger partial charge in [0.15, 0.2) is 0 Å². The molecule has 2 aromatic rings. The third kappa shape index (κ3) is 5.80. The van der Waals surface area contributed by atoms with E-state index in [9.17, 15) is 19.2 Å². The first-order chi connectivity index (χ1) is 18.1. The number of hydrogen-bond donors (Lipinski definition) is 3. The summed E-state index contributed by atoms with van der Waals surface area (Å²) < 4.78 is 5.24. The van der Waals surface area contributed by atoms with Gasteiger partial charge in [-0.1, -0.05) is 25.1 Å². The number of carbonyl (C=O) groups is 4. The van der Waals surface area contributed by atoms with E-state index in [0.29, 0.717) is 23.5 Å². The number of amides is 5. The summed E-state index contributed by atoms with van der Waals surface area (Å²) in [7, 11) is 5.51. The highest BCUT2D eigenvalue weighted by Crippen LogP contribution is 2.30. The minimum Gasteiger partial charge on any atom is -0.497 e. The third-order valence-corrected chi connectivity index (χ3v) is 7.19. The Morgan fingerprint density at radius 1 is 1.16 bits per heavy atom. The Labute approximate surface area is 222 Å². The number of imide groups is 1. The van der Waals surface area contributed by atoms with E-state index >= 15 is 0 Å². The molecule has 10 heteroatoms. The molecule has 202 valence electrons. The van der Waals surface area contributed by atoms with Gasteiger partial charge in [0.2, 0.25) is 5.91 Å². The fourth-order valence-corrected chi connectivity index (χ4v) is 4.97. The fraction of sp³-hybridized carbons (Fsp3) is 0.429. The molecule has 1 fully saturated rings. The number of nitrogens with one attached hydrogen (secondary N) is 3. The minimum atomic E-state index is -1.32. The van der Waals surface area contributed by atoms with Crippen LogP contribution in [0.1, 0.15) is 41.3 Å². The fourth-order valence-electron chi connectivity index (χ4n) is 4.97. The summed E-state index contributed by atoms with van der Waals surface area (Å²) in [6.07, 6.45) is 1.71. The Hall–Kier alpha value is -3.92. The van der Waals surface area contributed by atoms with Crippen LogP contribution in [0.4, 0.5) is 10.5 Å². The smallest absolute Gasteiger partial charge is 0.322 e. The predicted molar refractivity (Wildman–Crippen MR) is 143 cm³/mol. The molecular weight excluding hydrogens is 486 g/mol. The van der Waals surface area contributed by atoms with Crippen LogP contribution in [0.5, 0.6) is 5.75 Å². The second-order valence-electron chi connectivity index (χ2n) is 10.2. The van der Waals surface area contributed by atoms with E-state index in [-0.39, 0.29) is 30.7 Å². The van der Waals surface area contributed by atoms with Crippen LogP contribution in [0.2, 0.25) is 0 Å². The summed E-state index contributed by atoms with van der Waals surface area (Å²) in [6, 6.07) is 11.9. The molecule has 2 atom stereocenters. The highest BCUT2D eigenvalue weighted by Gasteiger charge is 2.49. The molecule has 0 bridgehead atoms. The number of anilines is 1. The van der Waals surface area contributed by atoms with Gasteiger partial charge in [-0.25, -0.2) is 4.79 Å². The second kappa shape index (κ2) is 11.2. The first kappa shape index (κ1) is 27.1. The van der Waals surface area contributed by atoms with Crippen molar-refractivity contribution in [3.63, 3.8) is 0 Å². The summed E-state index contributed by atoms with van der Waals surface area (Å²) in [6.45, 7) is 3.19. The Morgan fingerprint density at radius 2 is 1.89 bits per heavy atom. The van der Waals surface area contributed by atoms with Gasteiger partial charge in [0.05, 0.1) is 13.7 Å². The van der Waals surface area contributed by atoms with Gasteiger partial charge in [-0.05, 0) is 68.9 Å². The number of methoxy groups -OCH3 is 1. The molecule has 0 spiro atoms. The topological polar surface area (TPSA) is 120 Å². The number of fused-ring (bicyclic) bond motifs is 1. The van der Waals surface area contributed by atoms with Crippen molar-refractivity contribution < 1.29 is 23.9 Å². The number of carbonyl (C=O) groups excluding carboxylic acids is 4. The molecule has 0 aromatic heterocycles. The van der Waals surface area contributed by atoms with E-state index in [1.807, 2.05) is 39.2 Å². The molecule has 0 saturated carbocycles. The predicted octanol–water partition coefficient (Wildman–Crippen LogP) is 2.39. The van der Waals surface area contributed by atoms with Crippen LogP contribution >= 0.6 is 0 Å². The number of ether oxygens (including phenoxy) is 1. The minimum absolute atomic E-state index is 0.0168. The summed E-state index contributed by atoms with van der Waals surface area (Å²) in [5, 5.41) is 8.07. The van der Waals surface area contributed by atoms with Gasteiger partial charge in [-0.3, -0.25) is 19.7 Å². The highest BCUT2D eigenvalue weighted by atomic mass is 16.5. The zero-order valence-electron chi connectivity index (χ0n) is 22.3. The van der Waals surface area contributed by atoms with Gasteiger partial charge >= 0.3 is 6.03 Å². The molecular formula is C28H35N5O5. The average Bonchev–Trinajstić information content (AvgIpc) is 3.34. The van der Waals surface area contributed by atoms with E-state index in [1.54, 1.807) is 29.2 Å². The van der Waals surface area contributed by atoms with Crippen LogP contribution in [-0.4, -0.2) is 73.4 Å². The number of benzene rings is 2. The second-order valence-corrected chi connectivity index (χ2v) is 10.2. The lowest BCUT2D eigenvalue weighted by atomic mass is 9.90. The molecule has 2 heterocycles. The van der Waals surface area contributed by atoms with Crippen molar-refractivity contribution in [2.24, 2.45) is 5.92 Å². The molecule has 2 unspecified atom stereocenters. The van der Waals surface area contributed by atoms with Crippen molar-refractivity contribution in [2.45, 2.75) is 38.3 Å². The number of urea groups is 1. The average molecular weight is 522 g/mol. The van der Waals surface area contributed by atoms with Crippen molar-refractivity contribution in [1.29, 1.82) is 0 Å². The van der Waals surface area contributed by atoms with Crippen LogP contribution in [0.15, 0.2) is 42.5 Å². The van der Waals surface area contributed by atoms with Crippen LogP contribution in [0, 0.1) is 5.92 Å². The maximum absolute atomic E-state index is 13.1. The molecule has 38 heavy (non-hydrogen) atoms. The number of nitrogens with zero attached hydrogens (tertiary/aromatic N) is 2. The monoisotopic (exact) mass is 521 g/mol. The Kier molecular flexibility index (Phi) is 8.01. The Morgan fingerprint density at radius 3 is 2.50 bits per heavy atom. The molecule has 10 nitrogen and oxygen atoms in total. The molecule has 0 radical (unpaired) electrons. The maximum Gasteiger partial charge on any atom is 0.322 e.